The van der Waals surface area contributed by atoms with Crippen molar-refractivity contribution >= 4 is 0 Å². The highest BCUT2D eigenvalue weighted by atomic mass is 16.5. The van der Waals surface area contributed by atoms with Crippen LogP contribution in [0.3, 0.4) is 0 Å². The van der Waals surface area contributed by atoms with Crippen molar-refractivity contribution in [2.24, 2.45) is 0 Å². The lowest BCUT2D eigenvalue weighted by atomic mass is 10.1. The minimum absolute atomic E-state index is 0.373. The van der Waals surface area contributed by atoms with Gasteiger partial charge in [0.05, 0.1) is 19.9 Å². The molecule has 2 rings (SSSR count). The fourth-order valence-electron chi connectivity index (χ4n) is 2.17. The van der Waals surface area contributed by atoms with Gasteiger partial charge in [-0.25, -0.2) is 4.68 Å². The monoisotopic (exact) mass is 286 g/mol. The molecule has 1 aromatic carbocycles. The Morgan fingerprint density at radius 2 is 2.00 bits per heavy atom. The van der Waals surface area contributed by atoms with Crippen LogP contribution in [0, 0.1) is 11.3 Å². The predicted molar refractivity (Wildman–Crippen MR) is 77.4 cm³/mol. The third-order valence-electron chi connectivity index (χ3n) is 3.20. The summed E-state index contributed by atoms with van der Waals surface area (Å²) < 4.78 is 12.3. The molecule has 0 bridgehead atoms. The van der Waals surface area contributed by atoms with Crippen LogP contribution in [0.25, 0.3) is 0 Å². The lowest BCUT2D eigenvalue weighted by Crippen LogP contribution is -2.06. The molecule has 1 heterocycles. The molecule has 0 N–H and O–H groups in total. The maximum atomic E-state index is 9.15. The zero-order chi connectivity index (χ0) is 15.2. The first kappa shape index (κ1) is 14.9. The largest absolute Gasteiger partial charge is 0.493 e. The van der Waals surface area contributed by atoms with Gasteiger partial charge in [-0.2, -0.15) is 5.26 Å². The summed E-state index contributed by atoms with van der Waals surface area (Å²) in [6, 6.07) is 7.81. The summed E-state index contributed by atoms with van der Waals surface area (Å²) in [5.74, 6) is 1.35. The van der Waals surface area contributed by atoms with Gasteiger partial charge in [0.1, 0.15) is 6.07 Å². The summed E-state index contributed by atoms with van der Waals surface area (Å²) in [6.45, 7) is 2.81. The van der Waals surface area contributed by atoms with E-state index in [0.717, 1.165) is 24.2 Å². The fourth-order valence-corrected chi connectivity index (χ4v) is 2.17. The van der Waals surface area contributed by atoms with Crippen LogP contribution in [0.4, 0.5) is 0 Å². The van der Waals surface area contributed by atoms with E-state index in [9.17, 15) is 0 Å². The highest BCUT2D eigenvalue weighted by Gasteiger charge is 2.14. The van der Waals surface area contributed by atoms with E-state index in [2.05, 4.69) is 23.3 Å². The number of nitrogens with zero attached hydrogens (tertiary/aromatic N) is 4. The quantitative estimate of drug-likeness (QED) is 0.813. The summed E-state index contributed by atoms with van der Waals surface area (Å²) >= 11 is 0. The van der Waals surface area contributed by atoms with Crippen LogP contribution in [0.2, 0.25) is 0 Å². The third kappa shape index (κ3) is 3.14. The molecular weight excluding hydrogens is 268 g/mol. The lowest BCUT2D eigenvalue weighted by molar-refractivity contribution is 0.354. The summed E-state index contributed by atoms with van der Waals surface area (Å²) in [6.07, 6.45) is 1.52. The Bertz CT molecular complexity index is 658. The minimum Gasteiger partial charge on any atom is -0.493 e. The molecule has 21 heavy (non-hydrogen) atoms. The Morgan fingerprint density at radius 3 is 2.62 bits per heavy atom. The van der Waals surface area contributed by atoms with Gasteiger partial charge in [0.25, 0.3) is 0 Å². The van der Waals surface area contributed by atoms with Crippen molar-refractivity contribution in [3.63, 3.8) is 0 Å². The molecule has 0 atom stereocenters. The number of benzene rings is 1. The van der Waals surface area contributed by atoms with Crippen LogP contribution in [0.5, 0.6) is 11.5 Å². The Balaban J connectivity index is 2.34. The molecule has 110 valence electrons. The lowest BCUT2D eigenvalue weighted by Gasteiger charge is -2.10. The number of nitriles is 1. The molecule has 0 aliphatic heterocycles. The van der Waals surface area contributed by atoms with Crippen LogP contribution < -0.4 is 9.47 Å². The van der Waals surface area contributed by atoms with Crippen LogP contribution >= 0.6 is 0 Å². The van der Waals surface area contributed by atoms with E-state index in [4.69, 9.17) is 14.7 Å². The first-order chi connectivity index (χ1) is 10.2. The second-order valence-electron chi connectivity index (χ2n) is 4.59. The number of hydrogen-bond donors (Lipinski definition) is 0. The second-order valence-corrected chi connectivity index (χ2v) is 4.59. The molecule has 0 aliphatic rings. The van der Waals surface area contributed by atoms with E-state index < -0.39 is 0 Å². The van der Waals surface area contributed by atoms with Crippen LogP contribution in [0.15, 0.2) is 18.2 Å². The fraction of sp³-hybridized carbons (Fsp3) is 0.400. The van der Waals surface area contributed by atoms with Crippen molar-refractivity contribution in [1.29, 1.82) is 5.26 Å². The number of rotatable bonds is 6. The maximum absolute atomic E-state index is 9.15. The predicted octanol–water partition coefficient (Wildman–Crippen LogP) is 2.17. The molecule has 0 unspecified atom stereocenters. The van der Waals surface area contributed by atoms with Gasteiger partial charge < -0.3 is 9.47 Å². The van der Waals surface area contributed by atoms with Gasteiger partial charge in [-0.05, 0) is 24.1 Å². The van der Waals surface area contributed by atoms with E-state index in [0.29, 0.717) is 23.6 Å². The summed E-state index contributed by atoms with van der Waals surface area (Å²) in [4.78, 5) is 0. The number of hydrogen-bond acceptors (Lipinski definition) is 5. The minimum atomic E-state index is 0.373. The van der Waals surface area contributed by atoms with Crippen molar-refractivity contribution in [1.82, 2.24) is 15.0 Å². The molecule has 1 aromatic heterocycles. The normalized spacial score (nSPS) is 10.2. The van der Waals surface area contributed by atoms with E-state index in [1.165, 1.54) is 0 Å². The molecular formula is C15H18N4O2. The Kier molecular flexibility index (Phi) is 4.77. The molecule has 0 spiro atoms. The highest BCUT2D eigenvalue weighted by Crippen LogP contribution is 2.28. The Morgan fingerprint density at radius 1 is 1.24 bits per heavy atom. The average Bonchev–Trinajstić information content (AvgIpc) is 2.89. The molecule has 0 aliphatic carbocycles. The van der Waals surface area contributed by atoms with Crippen molar-refractivity contribution < 1.29 is 9.47 Å². The van der Waals surface area contributed by atoms with Crippen molar-refractivity contribution in [2.45, 2.75) is 26.3 Å². The Labute approximate surface area is 123 Å². The highest BCUT2D eigenvalue weighted by molar-refractivity contribution is 5.44. The number of aromatic nitrogens is 3. The number of methoxy groups -OCH3 is 2. The number of aryl methyl sites for hydroxylation is 1. The molecule has 6 heteroatoms. The van der Waals surface area contributed by atoms with Gasteiger partial charge in [0.2, 0.25) is 0 Å². The zero-order valence-corrected chi connectivity index (χ0v) is 12.5. The van der Waals surface area contributed by atoms with E-state index in [-0.39, 0.29) is 0 Å². The van der Waals surface area contributed by atoms with Crippen LogP contribution in [0.1, 0.15) is 30.3 Å². The number of ether oxygens (including phenoxy) is 2. The van der Waals surface area contributed by atoms with Gasteiger partial charge in [-0.15, -0.1) is 5.10 Å². The SMILES string of the molecule is CCCn1nnc(C#N)c1Cc1ccc(OC)c(OC)c1. The molecule has 0 radical (unpaired) electrons. The smallest absolute Gasteiger partial charge is 0.186 e. The molecule has 0 amide bonds. The molecule has 0 saturated heterocycles. The van der Waals surface area contributed by atoms with Crippen molar-refractivity contribution in [2.75, 3.05) is 14.2 Å². The van der Waals surface area contributed by atoms with E-state index in [1.54, 1.807) is 18.9 Å². The Hall–Kier alpha value is -2.55. The first-order valence-electron chi connectivity index (χ1n) is 6.76. The van der Waals surface area contributed by atoms with Gasteiger partial charge in [-0.3, -0.25) is 0 Å². The molecule has 0 saturated carbocycles. The summed E-state index contributed by atoms with van der Waals surface area (Å²) in [7, 11) is 3.21. The second kappa shape index (κ2) is 6.75. The van der Waals surface area contributed by atoms with Gasteiger partial charge >= 0.3 is 0 Å². The van der Waals surface area contributed by atoms with Gasteiger partial charge in [-0.1, -0.05) is 18.2 Å². The zero-order valence-electron chi connectivity index (χ0n) is 12.5. The maximum Gasteiger partial charge on any atom is 0.186 e. The average molecular weight is 286 g/mol. The molecule has 0 fully saturated rings. The summed E-state index contributed by atoms with van der Waals surface area (Å²) in [5, 5.41) is 17.1. The van der Waals surface area contributed by atoms with Crippen LogP contribution in [-0.2, 0) is 13.0 Å². The van der Waals surface area contributed by atoms with E-state index in [1.807, 2.05) is 18.2 Å². The van der Waals surface area contributed by atoms with Gasteiger partial charge in [0.15, 0.2) is 17.2 Å². The summed E-state index contributed by atoms with van der Waals surface area (Å²) in [5.41, 5.74) is 2.22. The van der Waals surface area contributed by atoms with Gasteiger partial charge in [0, 0.05) is 13.0 Å². The topological polar surface area (TPSA) is 73.0 Å². The van der Waals surface area contributed by atoms with Crippen LogP contribution in [-0.4, -0.2) is 29.2 Å². The van der Waals surface area contributed by atoms with E-state index >= 15 is 0 Å². The van der Waals surface area contributed by atoms with Crippen molar-refractivity contribution in [3.8, 4) is 17.6 Å². The molecule has 6 nitrogen and oxygen atoms in total. The molecule has 2 aromatic rings. The van der Waals surface area contributed by atoms with Crippen molar-refractivity contribution in [3.05, 3.63) is 35.2 Å². The third-order valence-corrected chi connectivity index (χ3v) is 3.20. The standard InChI is InChI=1S/C15H18N4O2/c1-4-7-19-13(12(10-16)17-18-19)8-11-5-6-14(20-2)15(9-11)21-3/h5-6,9H,4,7-8H2,1-3H3. The first-order valence-corrected chi connectivity index (χ1v) is 6.76.